The first-order valence-corrected chi connectivity index (χ1v) is 12.4. The fourth-order valence-corrected chi connectivity index (χ4v) is 6.43. The van der Waals surface area contributed by atoms with E-state index in [0.29, 0.717) is 0 Å². The Morgan fingerprint density at radius 2 is 1.41 bits per heavy atom. The summed E-state index contributed by atoms with van der Waals surface area (Å²) in [6.07, 6.45) is 5.65. The second-order valence-corrected chi connectivity index (χ2v) is 10.1. The summed E-state index contributed by atoms with van der Waals surface area (Å²) in [7, 11) is 0. The van der Waals surface area contributed by atoms with Gasteiger partial charge in [-0.1, -0.05) is 0 Å². The van der Waals surface area contributed by atoms with Crippen molar-refractivity contribution in [3.05, 3.63) is 129 Å². The van der Waals surface area contributed by atoms with E-state index in [9.17, 15) is 0 Å². The van der Waals surface area contributed by atoms with Crippen LogP contribution in [0.5, 0.6) is 0 Å². The maximum Gasteiger partial charge on any atom is -1.00 e. The molecule has 3 heteroatoms. The Bertz CT molecular complexity index is 1720. The van der Waals surface area contributed by atoms with Crippen molar-refractivity contribution >= 4 is 30.8 Å². The van der Waals surface area contributed by atoms with Crippen LogP contribution in [0, 0.1) is 10.4 Å². The molecule has 0 N–H and O–H groups in total. The summed E-state index contributed by atoms with van der Waals surface area (Å²) in [6.45, 7) is 4.49. The van der Waals surface area contributed by atoms with Gasteiger partial charge < -0.3 is 24.8 Å². The van der Waals surface area contributed by atoms with Gasteiger partial charge in [-0.3, -0.25) is 0 Å². The molecule has 0 unspecified atom stereocenters. The van der Waals surface area contributed by atoms with Crippen molar-refractivity contribution in [3.63, 3.8) is 0 Å². The van der Waals surface area contributed by atoms with Crippen LogP contribution in [-0.2, 0) is 24.7 Å². The van der Waals surface area contributed by atoms with Gasteiger partial charge in [-0.25, -0.2) is 0 Å². The molecule has 2 aliphatic carbocycles. The fourth-order valence-electron chi connectivity index (χ4n) is 5.26. The molecule has 0 amide bonds. The maximum atomic E-state index is 2.35. The predicted octanol–water partition coefficient (Wildman–Crippen LogP) is 0.213. The molecule has 4 aromatic carbocycles. The zero-order valence-electron chi connectivity index (χ0n) is 19.1. The van der Waals surface area contributed by atoms with Gasteiger partial charge in [-0.05, 0) is 0 Å². The molecule has 0 saturated heterocycles. The number of halogens is 2. The molecule has 0 saturated carbocycles. The Labute approximate surface area is 227 Å². The van der Waals surface area contributed by atoms with Crippen LogP contribution < -0.4 is 35.3 Å². The van der Waals surface area contributed by atoms with Crippen LogP contribution in [0.1, 0.15) is 37.0 Å². The zero-order valence-corrected chi connectivity index (χ0v) is 23.1. The van der Waals surface area contributed by atoms with Crippen LogP contribution in [0.25, 0.3) is 30.8 Å². The van der Waals surface area contributed by atoms with Crippen molar-refractivity contribution in [2.24, 2.45) is 0 Å². The molecule has 0 bridgehead atoms. The third-order valence-electron chi connectivity index (χ3n) is 6.77. The summed E-state index contributed by atoms with van der Waals surface area (Å²) >= 11 is 1.48. The molecule has 0 fully saturated rings. The average Bonchev–Trinajstić information content (AvgIpc) is 3.42. The van der Waals surface area contributed by atoms with E-state index in [-0.39, 0.29) is 24.8 Å². The first-order valence-electron chi connectivity index (χ1n) is 11.2. The van der Waals surface area contributed by atoms with Gasteiger partial charge in [0.05, 0.1) is 0 Å². The number of rotatable bonds is 2. The molecular weight excluding hydrogens is 534 g/mol. The molecule has 0 nitrogen and oxygen atoms in total. The normalized spacial score (nSPS) is 13.5. The second kappa shape index (κ2) is 9.83. The molecule has 2 aliphatic rings. The number of hydrogen-bond acceptors (Lipinski definition) is 0. The predicted molar refractivity (Wildman–Crippen MR) is 132 cm³/mol. The molecule has 165 valence electrons. The van der Waals surface area contributed by atoms with Gasteiger partial charge in [-0.2, -0.15) is 0 Å². The molecule has 4 aromatic rings. The van der Waals surface area contributed by atoms with Crippen LogP contribution in [0.3, 0.4) is 0 Å². The Morgan fingerprint density at radius 3 is 2.18 bits per heavy atom. The second-order valence-electron chi connectivity index (χ2n) is 8.89. The summed E-state index contributed by atoms with van der Waals surface area (Å²) in [5.74, 6) is 0. The van der Waals surface area contributed by atoms with E-state index in [0.717, 1.165) is 6.42 Å². The van der Waals surface area contributed by atoms with Gasteiger partial charge in [0.2, 0.25) is 0 Å². The van der Waals surface area contributed by atoms with Crippen molar-refractivity contribution in [1.82, 2.24) is 0 Å². The number of allylic oxidation sites excluding steroid dienone is 4. The van der Waals surface area contributed by atoms with Crippen LogP contribution in [0.4, 0.5) is 0 Å². The molecule has 6 rings (SSSR count). The molecule has 34 heavy (non-hydrogen) atoms. The molecule has 0 radical (unpaired) electrons. The Hall–Kier alpha value is -2.18. The quantitative estimate of drug-likeness (QED) is 0.331. The Balaban J connectivity index is 0.00000137. The summed E-state index contributed by atoms with van der Waals surface area (Å²) in [5, 5.41) is 8.16. The van der Waals surface area contributed by atoms with E-state index in [1.165, 1.54) is 93.1 Å². The van der Waals surface area contributed by atoms with Gasteiger partial charge in [0.25, 0.3) is 0 Å². The van der Waals surface area contributed by atoms with Crippen LogP contribution in [0.15, 0.2) is 91.0 Å². The zero-order chi connectivity index (χ0) is 21.8. The van der Waals surface area contributed by atoms with E-state index in [2.05, 4.69) is 105 Å². The van der Waals surface area contributed by atoms with E-state index in [1.54, 1.807) is 0 Å². The number of benzene rings is 4. The van der Waals surface area contributed by atoms with E-state index in [1.807, 2.05) is 0 Å². The van der Waals surface area contributed by atoms with Crippen molar-refractivity contribution in [1.29, 1.82) is 0 Å². The maximum absolute atomic E-state index is 2.35. The SMILES string of the molecule is CC(C)=c1ccc2c(c1C1=C(c3ccc4ccccc4c3)C=CC1)[C]([Zr+2])=c1ccccc1=2.[Cl-].[Cl-]. The minimum Gasteiger partial charge on any atom is -1.00 e. The number of hydrogen-bond donors (Lipinski definition) is 0. The van der Waals surface area contributed by atoms with Crippen LogP contribution in [0.2, 0.25) is 0 Å². The molecule has 0 aliphatic heterocycles. The fraction of sp³-hybridized carbons (Fsp3) is 0.0968. The van der Waals surface area contributed by atoms with Gasteiger partial charge >= 0.3 is 204 Å². The molecule has 0 aromatic heterocycles. The third-order valence-corrected chi connectivity index (χ3v) is 8.05. The summed E-state index contributed by atoms with van der Waals surface area (Å²) in [4.78, 5) is 0. The summed E-state index contributed by atoms with van der Waals surface area (Å²) in [6, 6.07) is 29.1. The smallest absolute Gasteiger partial charge is 1.00 e. The van der Waals surface area contributed by atoms with Crippen LogP contribution >= 0.6 is 0 Å². The van der Waals surface area contributed by atoms with Crippen molar-refractivity contribution in [3.8, 4) is 0 Å². The first kappa shape index (κ1) is 24.9. The third kappa shape index (κ3) is 3.89. The Morgan fingerprint density at radius 1 is 0.706 bits per heavy atom. The average molecular weight is 558 g/mol. The molecular formula is C31H23Cl2Zr. The van der Waals surface area contributed by atoms with Gasteiger partial charge in [0, 0.05) is 0 Å². The van der Waals surface area contributed by atoms with E-state index < -0.39 is 0 Å². The molecule has 0 spiro atoms. The monoisotopic (exact) mass is 555 g/mol. The largest absolute Gasteiger partial charge is 1.00 e. The van der Waals surface area contributed by atoms with Gasteiger partial charge in [0.15, 0.2) is 0 Å². The standard InChI is InChI=1S/C31H23.2ClH.Zr/c1-20(2)25-16-17-28-26-11-6-5-10-23(26)19-30(28)31(25)29-13-7-12-27(29)24-15-14-21-8-3-4-9-22(21)18-24;;;/h3-12,14-18H,13H2,1-2H3;2*1H;/q;;;+2/p-2. The summed E-state index contributed by atoms with van der Waals surface area (Å²) < 4.78 is 1.48. The molecule has 0 heterocycles. The minimum atomic E-state index is 0. The minimum absolute atomic E-state index is 0. The topological polar surface area (TPSA) is 0 Å². The van der Waals surface area contributed by atoms with E-state index in [4.69, 9.17) is 0 Å². The Kier molecular flexibility index (Phi) is 7.20. The molecule has 0 atom stereocenters. The van der Waals surface area contributed by atoms with Gasteiger partial charge in [0.1, 0.15) is 0 Å². The van der Waals surface area contributed by atoms with Crippen molar-refractivity contribution in [2.75, 3.05) is 0 Å². The van der Waals surface area contributed by atoms with Crippen LogP contribution in [-0.4, -0.2) is 0 Å². The van der Waals surface area contributed by atoms with E-state index >= 15 is 0 Å². The van der Waals surface area contributed by atoms with Gasteiger partial charge in [-0.15, -0.1) is 0 Å². The van der Waals surface area contributed by atoms with Crippen molar-refractivity contribution in [2.45, 2.75) is 20.3 Å². The summed E-state index contributed by atoms with van der Waals surface area (Å²) in [5.41, 5.74) is 8.41. The van der Waals surface area contributed by atoms with Crippen molar-refractivity contribution < 1.29 is 49.5 Å². The first-order chi connectivity index (χ1) is 15.6. The number of fused-ring (bicyclic) bond motifs is 3.